The molecule has 0 radical (unpaired) electrons. The first-order chi connectivity index (χ1) is 8.78. The molecule has 2 unspecified atom stereocenters. The van der Waals surface area contributed by atoms with Crippen molar-refractivity contribution in [2.24, 2.45) is 5.16 Å². The number of oxime groups is 1. The van der Waals surface area contributed by atoms with Crippen LogP contribution in [0.25, 0.3) is 0 Å². The molecule has 5 nitrogen and oxygen atoms in total. The van der Waals surface area contributed by atoms with Crippen LogP contribution >= 0.6 is 0 Å². The second-order valence-corrected chi connectivity index (χ2v) is 4.65. The molecule has 1 heterocycles. The normalized spacial score (nSPS) is 28.2. The van der Waals surface area contributed by atoms with Crippen molar-refractivity contribution in [2.75, 3.05) is 6.61 Å². The lowest BCUT2D eigenvalue weighted by atomic mass is 10.1. The van der Waals surface area contributed by atoms with Gasteiger partial charge in [0.25, 0.3) is 0 Å². The van der Waals surface area contributed by atoms with Crippen molar-refractivity contribution in [3.63, 3.8) is 0 Å². The first kappa shape index (κ1) is 11.3. The Bertz CT molecular complexity index is 486. The van der Waals surface area contributed by atoms with Gasteiger partial charge in [0.2, 0.25) is 0 Å². The molecule has 1 aromatic rings. The third-order valence-electron chi connectivity index (χ3n) is 3.45. The standard InChI is InChI=1S/C13H15NO4/c15-11-2-1-3-12(11)18-8-4-5-9-10(14-16)7-17-13(9)6-8/h4-6,11-12,15-16H,1-3,7H2. The minimum Gasteiger partial charge on any atom is -0.488 e. The van der Waals surface area contributed by atoms with Gasteiger partial charge >= 0.3 is 0 Å². The summed E-state index contributed by atoms with van der Waals surface area (Å²) in [5, 5.41) is 21.7. The molecule has 1 aliphatic carbocycles. The van der Waals surface area contributed by atoms with Crippen molar-refractivity contribution in [1.82, 2.24) is 0 Å². The quantitative estimate of drug-likeness (QED) is 0.616. The van der Waals surface area contributed by atoms with Crippen LogP contribution in [0.15, 0.2) is 23.4 Å². The van der Waals surface area contributed by atoms with E-state index in [-0.39, 0.29) is 18.8 Å². The van der Waals surface area contributed by atoms with Crippen molar-refractivity contribution in [2.45, 2.75) is 31.5 Å². The Kier molecular flexibility index (Phi) is 2.83. The highest BCUT2D eigenvalue weighted by atomic mass is 16.5. The zero-order valence-electron chi connectivity index (χ0n) is 9.87. The van der Waals surface area contributed by atoms with Crippen molar-refractivity contribution in [3.8, 4) is 11.5 Å². The molecule has 2 aliphatic rings. The van der Waals surface area contributed by atoms with Gasteiger partial charge < -0.3 is 19.8 Å². The summed E-state index contributed by atoms with van der Waals surface area (Å²) < 4.78 is 11.1. The molecule has 1 aromatic carbocycles. The Morgan fingerprint density at radius 2 is 2.22 bits per heavy atom. The van der Waals surface area contributed by atoms with Crippen molar-refractivity contribution in [3.05, 3.63) is 23.8 Å². The number of rotatable bonds is 2. The van der Waals surface area contributed by atoms with Crippen LogP contribution < -0.4 is 9.47 Å². The molecule has 1 aliphatic heterocycles. The van der Waals surface area contributed by atoms with Gasteiger partial charge in [0.1, 0.15) is 29.9 Å². The molecular formula is C13H15NO4. The second kappa shape index (κ2) is 4.49. The summed E-state index contributed by atoms with van der Waals surface area (Å²) in [7, 11) is 0. The van der Waals surface area contributed by atoms with Gasteiger partial charge in [-0.2, -0.15) is 0 Å². The molecule has 5 heteroatoms. The number of ether oxygens (including phenoxy) is 2. The van der Waals surface area contributed by atoms with Crippen LogP contribution in [-0.2, 0) is 0 Å². The Labute approximate surface area is 105 Å². The van der Waals surface area contributed by atoms with Crippen LogP contribution in [0, 0.1) is 0 Å². The maximum Gasteiger partial charge on any atom is 0.134 e. The zero-order valence-corrected chi connectivity index (χ0v) is 9.87. The molecule has 2 atom stereocenters. The molecule has 0 amide bonds. The average Bonchev–Trinajstić information content (AvgIpc) is 2.96. The molecule has 0 aromatic heterocycles. The number of hydrogen-bond acceptors (Lipinski definition) is 5. The van der Waals surface area contributed by atoms with Gasteiger partial charge in [-0.15, -0.1) is 0 Å². The monoisotopic (exact) mass is 249 g/mol. The highest BCUT2D eigenvalue weighted by Crippen LogP contribution is 2.32. The molecule has 1 fully saturated rings. The van der Waals surface area contributed by atoms with Crippen molar-refractivity contribution in [1.29, 1.82) is 0 Å². The number of nitrogens with zero attached hydrogens (tertiary/aromatic N) is 1. The lowest BCUT2D eigenvalue weighted by Crippen LogP contribution is -2.25. The van der Waals surface area contributed by atoms with Crippen LogP contribution in [0.3, 0.4) is 0 Å². The summed E-state index contributed by atoms with van der Waals surface area (Å²) in [6.07, 6.45) is 2.16. The molecule has 3 rings (SSSR count). The van der Waals surface area contributed by atoms with E-state index >= 15 is 0 Å². The van der Waals surface area contributed by atoms with Crippen LogP contribution in [0.4, 0.5) is 0 Å². The Balaban J connectivity index is 1.79. The number of aliphatic hydroxyl groups excluding tert-OH is 1. The summed E-state index contributed by atoms with van der Waals surface area (Å²) in [4.78, 5) is 0. The van der Waals surface area contributed by atoms with E-state index in [1.165, 1.54) is 0 Å². The predicted molar refractivity (Wildman–Crippen MR) is 64.5 cm³/mol. The smallest absolute Gasteiger partial charge is 0.134 e. The van der Waals surface area contributed by atoms with E-state index in [4.69, 9.17) is 14.7 Å². The maximum absolute atomic E-state index is 9.72. The van der Waals surface area contributed by atoms with Crippen molar-refractivity contribution < 1.29 is 19.8 Å². The molecule has 96 valence electrons. The SMILES string of the molecule is ON=C1COc2cc(OC3CCCC3O)ccc21. The van der Waals surface area contributed by atoms with E-state index in [2.05, 4.69) is 5.16 Å². The summed E-state index contributed by atoms with van der Waals surface area (Å²) in [5.41, 5.74) is 1.31. The lowest BCUT2D eigenvalue weighted by molar-refractivity contribution is 0.0603. The number of hydrogen-bond donors (Lipinski definition) is 2. The molecule has 0 saturated heterocycles. The van der Waals surface area contributed by atoms with Crippen LogP contribution in [0.1, 0.15) is 24.8 Å². The maximum atomic E-state index is 9.72. The first-order valence-electron chi connectivity index (χ1n) is 6.11. The average molecular weight is 249 g/mol. The van der Waals surface area contributed by atoms with Crippen LogP contribution in [0.2, 0.25) is 0 Å². The number of fused-ring (bicyclic) bond motifs is 1. The molecule has 0 spiro atoms. The van der Waals surface area contributed by atoms with Crippen molar-refractivity contribution >= 4 is 5.71 Å². The fourth-order valence-corrected chi connectivity index (χ4v) is 2.46. The van der Waals surface area contributed by atoms with Crippen LogP contribution in [0.5, 0.6) is 11.5 Å². The van der Waals surface area contributed by atoms with Gasteiger partial charge in [-0.25, -0.2) is 0 Å². The minimum atomic E-state index is -0.381. The molecule has 1 saturated carbocycles. The van der Waals surface area contributed by atoms with Crippen LogP contribution in [-0.4, -0.2) is 34.8 Å². The van der Waals surface area contributed by atoms with Gasteiger partial charge in [-0.1, -0.05) is 5.16 Å². The van der Waals surface area contributed by atoms with E-state index in [9.17, 15) is 5.11 Å². The van der Waals surface area contributed by atoms with Gasteiger partial charge in [0.05, 0.1) is 6.10 Å². The van der Waals surface area contributed by atoms with Gasteiger partial charge in [0, 0.05) is 11.6 Å². The van der Waals surface area contributed by atoms with Gasteiger partial charge in [0.15, 0.2) is 0 Å². The highest BCUT2D eigenvalue weighted by Gasteiger charge is 2.28. The highest BCUT2D eigenvalue weighted by molar-refractivity contribution is 6.05. The van der Waals surface area contributed by atoms with E-state index in [1.54, 1.807) is 6.07 Å². The summed E-state index contributed by atoms with van der Waals surface area (Å²) in [6, 6.07) is 5.40. The molecule has 0 bridgehead atoms. The minimum absolute atomic E-state index is 0.129. The molecule has 2 N–H and O–H groups in total. The Morgan fingerprint density at radius 3 is 2.94 bits per heavy atom. The third kappa shape index (κ3) is 1.90. The Hall–Kier alpha value is -1.75. The topological polar surface area (TPSA) is 71.3 Å². The Morgan fingerprint density at radius 1 is 1.33 bits per heavy atom. The summed E-state index contributed by atoms with van der Waals surface area (Å²) in [5.74, 6) is 1.34. The van der Waals surface area contributed by atoms with Gasteiger partial charge in [-0.3, -0.25) is 0 Å². The van der Waals surface area contributed by atoms with E-state index in [0.29, 0.717) is 17.2 Å². The molecule has 18 heavy (non-hydrogen) atoms. The third-order valence-corrected chi connectivity index (χ3v) is 3.45. The number of aliphatic hydroxyl groups is 1. The second-order valence-electron chi connectivity index (χ2n) is 4.65. The van der Waals surface area contributed by atoms with E-state index < -0.39 is 0 Å². The number of benzene rings is 1. The van der Waals surface area contributed by atoms with E-state index in [1.807, 2.05) is 12.1 Å². The predicted octanol–water partition coefficient (Wildman–Crippen LogP) is 1.55. The fraction of sp³-hybridized carbons (Fsp3) is 0.462. The first-order valence-corrected chi connectivity index (χ1v) is 6.11. The lowest BCUT2D eigenvalue weighted by Gasteiger charge is -2.17. The zero-order chi connectivity index (χ0) is 12.5. The summed E-state index contributed by atoms with van der Waals surface area (Å²) >= 11 is 0. The summed E-state index contributed by atoms with van der Waals surface area (Å²) in [6.45, 7) is 0.279. The van der Waals surface area contributed by atoms with Gasteiger partial charge in [-0.05, 0) is 31.4 Å². The largest absolute Gasteiger partial charge is 0.488 e. The molecular weight excluding hydrogens is 234 g/mol. The van der Waals surface area contributed by atoms with E-state index in [0.717, 1.165) is 24.8 Å². The fourth-order valence-electron chi connectivity index (χ4n) is 2.46.